The number of hydrogen-bond acceptors (Lipinski definition) is 8. The third-order valence-corrected chi connectivity index (χ3v) is 7.76. The highest BCUT2D eigenvalue weighted by Crippen LogP contribution is 2.38. The largest absolute Gasteiger partial charge is 0.496 e. The van der Waals surface area contributed by atoms with Gasteiger partial charge in [-0.05, 0) is 48.9 Å². The molecule has 0 saturated carbocycles. The number of morpholine rings is 1. The lowest BCUT2D eigenvalue weighted by molar-refractivity contribution is 0.0300. The number of carbonyl (C=O) groups is 2. The normalized spacial score (nSPS) is 13.4. The fourth-order valence-electron chi connectivity index (χ4n) is 3.60. The molecule has 1 aromatic heterocycles. The summed E-state index contributed by atoms with van der Waals surface area (Å²) in [5.74, 6) is 0.283. The Morgan fingerprint density at radius 3 is 2.54 bits per heavy atom. The molecule has 10 heteroatoms. The zero-order chi connectivity index (χ0) is 24.9. The van der Waals surface area contributed by atoms with Crippen molar-refractivity contribution in [2.24, 2.45) is 0 Å². The van der Waals surface area contributed by atoms with Crippen LogP contribution in [0.25, 0.3) is 0 Å². The number of anilines is 2. The first kappa shape index (κ1) is 25.0. The van der Waals surface area contributed by atoms with E-state index in [4.69, 9.17) is 9.47 Å². The molecule has 1 aliphatic rings. The van der Waals surface area contributed by atoms with Gasteiger partial charge in [-0.2, -0.15) is 0 Å². The maximum Gasteiger partial charge on any atom is 0.257 e. The molecular formula is C25H28N4O4S2. The van der Waals surface area contributed by atoms with E-state index in [9.17, 15) is 9.59 Å². The maximum absolute atomic E-state index is 13.1. The Labute approximate surface area is 213 Å². The number of rotatable bonds is 7. The van der Waals surface area contributed by atoms with Gasteiger partial charge < -0.3 is 19.3 Å². The summed E-state index contributed by atoms with van der Waals surface area (Å²) in [6.45, 7) is 4.19. The highest BCUT2D eigenvalue weighted by atomic mass is 32.2. The molecule has 4 rings (SSSR count). The molecule has 0 atom stereocenters. The summed E-state index contributed by atoms with van der Waals surface area (Å²) < 4.78 is 11.8. The summed E-state index contributed by atoms with van der Waals surface area (Å²) in [6, 6.07) is 11.2. The number of hydrogen-bond donors (Lipinski definition) is 1. The van der Waals surface area contributed by atoms with Gasteiger partial charge in [0.2, 0.25) is 0 Å². The number of methoxy groups -OCH3 is 1. The van der Waals surface area contributed by atoms with Crippen LogP contribution in [0.2, 0.25) is 0 Å². The van der Waals surface area contributed by atoms with Crippen molar-refractivity contribution in [1.29, 1.82) is 0 Å². The lowest BCUT2D eigenvalue weighted by Crippen LogP contribution is -2.40. The molecule has 1 aliphatic heterocycles. The Balaban J connectivity index is 1.48. The highest BCUT2D eigenvalue weighted by molar-refractivity contribution is 8.01. The van der Waals surface area contributed by atoms with Gasteiger partial charge in [0, 0.05) is 43.3 Å². The second-order valence-corrected chi connectivity index (χ2v) is 10.6. The highest BCUT2D eigenvalue weighted by Gasteiger charge is 2.23. The predicted octanol–water partition coefficient (Wildman–Crippen LogP) is 4.40. The van der Waals surface area contributed by atoms with Crippen LogP contribution in [0.1, 0.15) is 26.3 Å². The van der Waals surface area contributed by atoms with Crippen molar-refractivity contribution in [3.63, 3.8) is 0 Å². The molecule has 8 nitrogen and oxygen atoms in total. The summed E-state index contributed by atoms with van der Waals surface area (Å²) in [5.41, 5.74) is 3.11. The Morgan fingerprint density at radius 1 is 1.17 bits per heavy atom. The second kappa shape index (κ2) is 11.1. The number of nitrogens with one attached hydrogen (secondary N) is 1. The first-order valence-corrected chi connectivity index (χ1v) is 12.8. The van der Waals surface area contributed by atoms with E-state index in [0.29, 0.717) is 48.3 Å². The minimum atomic E-state index is -0.208. The van der Waals surface area contributed by atoms with Gasteiger partial charge in [0.25, 0.3) is 11.8 Å². The molecule has 184 valence electrons. The minimum Gasteiger partial charge on any atom is -0.496 e. The molecule has 1 saturated heterocycles. The van der Waals surface area contributed by atoms with Crippen LogP contribution in [-0.4, -0.2) is 69.2 Å². The van der Waals surface area contributed by atoms with Crippen molar-refractivity contribution >= 4 is 45.7 Å². The van der Waals surface area contributed by atoms with Crippen LogP contribution in [0.4, 0.5) is 10.8 Å². The Morgan fingerprint density at radius 2 is 1.89 bits per heavy atom. The van der Waals surface area contributed by atoms with Gasteiger partial charge in [-0.3, -0.25) is 14.9 Å². The van der Waals surface area contributed by atoms with E-state index in [1.54, 1.807) is 30.3 Å². The minimum absolute atomic E-state index is 0.0652. The molecule has 2 amide bonds. The molecule has 1 N–H and O–H groups in total. The lowest BCUT2D eigenvalue weighted by Gasteiger charge is -2.27. The van der Waals surface area contributed by atoms with E-state index < -0.39 is 0 Å². The molecule has 0 aliphatic carbocycles. The molecule has 35 heavy (non-hydrogen) atoms. The van der Waals surface area contributed by atoms with Crippen molar-refractivity contribution in [3.05, 3.63) is 59.3 Å². The van der Waals surface area contributed by atoms with E-state index in [2.05, 4.69) is 10.3 Å². The van der Waals surface area contributed by atoms with Gasteiger partial charge in [-0.1, -0.05) is 23.1 Å². The van der Waals surface area contributed by atoms with Gasteiger partial charge in [-0.15, -0.1) is 0 Å². The first-order valence-electron chi connectivity index (χ1n) is 11.1. The standard InChI is InChI=1S/C25H28N4O4S2/c1-16-13-20(32-4)19(24(31)29-9-11-33-12-10-29)14-21(16)34-22-15-26-25(35-22)27-23(30)17-5-7-18(8-6-17)28(2)3/h5-8,13-15H,9-12H2,1-4H3,(H,26,27,30). The summed E-state index contributed by atoms with van der Waals surface area (Å²) in [7, 11) is 5.48. The van der Waals surface area contributed by atoms with Crippen molar-refractivity contribution in [2.75, 3.05) is 57.7 Å². The van der Waals surface area contributed by atoms with Gasteiger partial charge in [-0.25, -0.2) is 4.98 Å². The molecule has 2 aromatic carbocycles. The maximum atomic E-state index is 13.1. The van der Waals surface area contributed by atoms with Crippen LogP contribution < -0.4 is 15.0 Å². The molecule has 3 aromatic rings. The zero-order valence-electron chi connectivity index (χ0n) is 20.2. The summed E-state index contributed by atoms with van der Waals surface area (Å²) in [5, 5.41) is 3.39. The van der Waals surface area contributed by atoms with Crippen LogP contribution in [-0.2, 0) is 4.74 Å². The monoisotopic (exact) mass is 512 g/mol. The Hall–Kier alpha value is -3.08. The number of aryl methyl sites for hydroxylation is 1. The van der Waals surface area contributed by atoms with Gasteiger partial charge in [0.1, 0.15) is 5.75 Å². The van der Waals surface area contributed by atoms with Crippen molar-refractivity contribution < 1.29 is 19.1 Å². The molecule has 1 fully saturated rings. The number of carbonyl (C=O) groups excluding carboxylic acids is 2. The lowest BCUT2D eigenvalue weighted by atomic mass is 10.1. The average Bonchev–Trinajstić information content (AvgIpc) is 3.31. The van der Waals surface area contributed by atoms with E-state index in [1.165, 1.54) is 23.1 Å². The van der Waals surface area contributed by atoms with Crippen molar-refractivity contribution in [3.8, 4) is 5.75 Å². The number of nitrogens with zero attached hydrogens (tertiary/aromatic N) is 3. The van der Waals surface area contributed by atoms with E-state index >= 15 is 0 Å². The smallest absolute Gasteiger partial charge is 0.257 e. The van der Waals surface area contributed by atoms with Crippen LogP contribution in [0.3, 0.4) is 0 Å². The van der Waals surface area contributed by atoms with Crippen molar-refractivity contribution in [1.82, 2.24) is 9.88 Å². The van der Waals surface area contributed by atoms with Crippen LogP contribution in [0.15, 0.2) is 51.7 Å². The fourth-order valence-corrected chi connectivity index (χ4v) is 5.53. The molecular weight excluding hydrogens is 484 g/mol. The number of ether oxygens (including phenoxy) is 2. The molecule has 0 radical (unpaired) electrons. The Kier molecular flexibility index (Phi) is 7.94. The zero-order valence-corrected chi connectivity index (χ0v) is 21.8. The number of amides is 2. The van der Waals surface area contributed by atoms with Gasteiger partial charge in [0.05, 0.1) is 36.3 Å². The van der Waals surface area contributed by atoms with E-state index in [-0.39, 0.29) is 11.8 Å². The molecule has 0 bridgehead atoms. The van der Waals surface area contributed by atoms with E-state index in [1.807, 2.05) is 50.2 Å². The molecule has 2 heterocycles. The number of thiazole rings is 1. The third-order valence-electron chi connectivity index (χ3n) is 5.59. The van der Waals surface area contributed by atoms with Crippen LogP contribution >= 0.6 is 23.1 Å². The summed E-state index contributed by atoms with van der Waals surface area (Å²) in [4.78, 5) is 34.8. The first-order chi connectivity index (χ1) is 16.9. The van der Waals surface area contributed by atoms with Crippen molar-refractivity contribution in [2.45, 2.75) is 16.0 Å². The molecule has 0 spiro atoms. The third kappa shape index (κ3) is 5.95. The SMILES string of the molecule is COc1cc(C)c(Sc2cnc(NC(=O)c3ccc(N(C)C)cc3)s2)cc1C(=O)N1CCOCC1. The van der Waals surface area contributed by atoms with Crippen LogP contribution in [0.5, 0.6) is 5.75 Å². The molecule has 0 unspecified atom stereocenters. The van der Waals surface area contributed by atoms with Gasteiger partial charge in [0.15, 0.2) is 5.13 Å². The van der Waals surface area contributed by atoms with Crippen LogP contribution in [0, 0.1) is 6.92 Å². The second-order valence-electron chi connectivity index (χ2n) is 8.20. The fraction of sp³-hybridized carbons (Fsp3) is 0.320. The number of benzene rings is 2. The quantitative estimate of drug-likeness (QED) is 0.502. The average molecular weight is 513 g/mol. The topological polar surface area (TPSA) is 84.0 Å². The van der Waals surface area contributed by atoms with Gasteiger partial charge >= 0.3 is 0 Å². The summed E-state index contributed by atoms with van der Waals surface area (Å²) >= 11 is 2.90. The Bertz CT molecular complexity index is 1200. The summed E-state index contributed by atoms with van der Waals surface area (Å²) in [6.07, 6.45) is 1.73. The number of aromatic nitrogens is 1. The predicted molar refractivity (Wildman–Crippen MR) is 139 cm³/mol. The van der Waals surface area contributed by atoms with E-state index in [0.717, 1.165) is 20.4 Å².